The third kappa shape index (κ3) is 4.81. The highest BCUT2D eigenvalue weighted by Crippen LogP contribution is 2.28. The Morgan fingerprint density at radius 1 is 0.828 bits per heavy atom. The number of Topliss-reactive ketones (excluding diaryl/α,β-unsaturated/α-hetero) is 2. The molecule has 0 saturated heterocycles. The number of hydrogen-bond acceptors (Lipinski definition) is 6. The Morgan fingerprint density at radius 2 is 1.38 bits per heavy atom. The molecule has 1 amide bonds. The van der Waals surface area contributed by atoms with Crippen molar-refractivity contribution in [3.05, 3.63) is 76.3 Å². The van der Waals surface area contributed by atoms with Crippen molar-refractivity contribution in [2.45, 2.75) is 32.6 Å². The van der Waals surface area contributed by atoms with Crippen molar-refractivity contribution in [3.8, 4) is 0 Å². The zero-order chi connectivity index (χ0) is 20.8. The summed E-state index contributed by atoms with van der Waals surface area (Å²) < 4.78 is 0. The Hall–Kier alpha value is -3.19. The van der Waals surface area contributed by atoms with Crippen molar-refractivity contribution in [1.82, 2.24) is 10.2 Å². The van der Waals surface area contributed by atoms with Crippen molar-refractivity contribution in [2.24, 2.45) is 0 Å². The summed E-state index contributed by atoms with van der Waals surface area (Å²) in [6.07, 6.45) is 1.94. The van der Waals surface area contributed by atoms with Crippen LogP contribution in [0.2, 0.25) is 0 Å². The van der Waals surface area contributed by atoms with Crippen LogP contribution in [0.3, 0.4) is 0 Å². The molecule has 0 bridgehead atoms. The summed E-state index contributed by atoms with van der Waals surface area (Å²) in [5.74, 6) is -1.19. The summed E-state index contributed by atoms with van der Waals surface area (Å²) >= 11 is 1.37. The molecular formula is C22H21N3O3S. The first kappa shape index (κ1) is 20.5. The van der Waals surface area contributed by atoms with E-state index in [0.29, 0.717) is 22.2 Å². The molecule has 6 nitrogen and oxygen atoms in total. The lowest BCUT2D eigenvalue weighted by molar-refractivity contribution is 0.0817. The number of amides is 1. The van der Waals surface area contributed by atoms with Gasteiger partial charge in [0.05, 0.1) is 0 Å². The number of hydrogen-bond donors (Lipinski definition) is 1. The predicted octanol–water partition coefficient (Wildman–Crippen LogP) is 4.76. The standard InChI is InChI=1S/C22H21N3O3S/c1-3-14(4-2)21-24-25-22(29-21)23-20(28)17-12-10-16(11-13-17)19(27)18(26)15-8-6-5-7-9-15/h5-14H,3-4H2,1-2H3,(H,23,25,28). The fraction of sp³-hybridized carbons (Fsp3) is 0.227. The van der Waals surface area contributed by atoms with Gasteiger partial charge in [0.25, 0.3) is 5.91 Å². The number of nitrogens with one attached hydrogen (secondary N) is 1. The average Bonchev–Trinajstić information content (AvgIpc) is 3.22. The van der Waals surface area contributed by atoms with E-state index in [1.165, 1.54) is 35.6 Å². The van der Waals surface area contributed by atoms with Gasteiger partial charge in [-0.2, -0.15) is 0 Å². The summed E-state index contributed by atoms with van der Waals surface area (Å²) in [5, 5.41) is 12.3. The number of rotatable bonds is 8. The Labute approximate surface area is 173 Å². The number of nitrogens with zero attached hydrogens (tertiary/aromatic N) is 2. The number of aromatic nitrogens is 2. The van der Waals surface area contributed by atoms with Crippen LogP contribution in [0.4, 0.5) is 5.13 Å². The van der Waals surface area contributed by atoms with Gasteiger partial charge in [0.1, 0.15) is 5.01 Å². The molecule has 3 aromatic rings. The Morgan fingerprint density at radius 3 is 1.97 bits per heavy atom. The second-order valence-electron chi connectivity index (χ2n) is 6.51. The van der Waals surface area contributed by atoms with Crippen molar-refractivity contribution < 1.29 is 14.4 Å². The fourth-order valence-corrected chi connectivity index (χ4v) is 3.89. The normalized spacial score (nSPS) is 10.7. The van der Waals surface area contributed by atoms with Crippen LogP contribution in [0.15, 0.2) is 54.6 Å². The summed E-state index contributed by atoms with van der Waals surface area (Å²) in [5.41, 5.74) is 0.944. The molecule has 0 saturated carbocycles. The Balaban J connectivity index is 1.67. The minimum atomic E-state index is -0.609. The molecule has 3 rings (SSSR count). The molecule has 1 aromatic heterocycles. The molecule has 2 aromatic carbocycles. The number of benzene rings is 2. The van der Waals surface area contributed by atoms with Gasteiger partial charge in [0, 0.05) is 22.6 Å². The van der Waals surface area contributed by atoms with Crippen molar-refractivity contribution in [2.75, 3.05) is 5.32 Å². The Kier molecular flexibility index (Phi) is 6.61. The Bertz CT molecular complexity index is 1010. The van der Waals surface area contributed by atoms with E-state index < -0.39 is 11.6 Å². The highest BCUT2D eigenvalue weighted by Gasteiger charge is 2.19. The van der Waals surface area contributed by atoms with E-state index in [2.05, 4.69) is 29.4 Å². The smallest absolute Gasteiger partial charge is 0.257 e. The molecule has 0 atom stereocenters. The lowest BCUT2D eigenvalue weighted by Gasteiger charge is -2.06. The van der Waals surface area contributed by atoms with Crippen LogP contribution >= 0.6 is 11.3 Å². The van der Waals surface area contributed by atoms with E-state index in [1.54, 1.807) is 30.3 Å². The molecule has 29 heavy (non-hydrogen) atoms. The first-order valence-corrected chi connectivity index (χ1v) is 10.2. The minimum Gasteiger partial charge on any atom is -0.296 e. The number of carbonyl (C=O) groups is 3. The third-order valence-corrected chi connectivity index (χ3v) is 5.65. The van der Waals surface area contributed by atoms with Crippen molar-refractivity contribution in [1.29, 1.82) is 0 Å². The SMILES string of the molecule is CCC(CC)c1nnc(NC(=O)c2ccc(C(=O)C(=O)c3ccccc3)cc2)s1. The number of carbonyl (C=O) groups excluding carboxylic acids is 3. The average molecular weight is 407 g/mol. The molecule has 0 aliphatic rings. The molecule has 0 unspecified atom stereocenters. The van der Waals surface area contributed by atoms with E-state index >= 15 is 0 Å². The largest absolute Gasteiger partial charge is 0.296 e. The first-order valence-electron chi connectivity index (χ1n) is 9.42. The van der Waals surface area contributed by atoms with Gasteiger partial charge in [-0.15, -0.1) is 10.2 Å². The van der Waals surface area contributed by atoms with Gasteiger partial charge in [0.15, 0.2) is 0 Å². The molecule has 7 heteroatoms. The lowest BCUT2D eigenvalue weighted by Crippen LogP contribution is -2.15. The second-order valence-corrected chi connectivity index (χ2v) is 7.52. The maximum absolute atomic E-state index is 12.4. The van der Waals surface area contributed by atoms with E-state index in [0.717, 1.165) is 17.8 Å². The van der Waals surface area contributed by atoms with Crippen LogP contribution in [0.5, 0.6) is 0 Å². The predicted molar refractivity (Wildman–Crippen MR) is 113 cm³/mol. The molecule has 0 radical (unpaired) electrons. The van der Waals surface area contributed by atoms with Crippen LogP contribution in [-0.2, 0) is 0 Å². The van der Waals surface area contributed by atoms with Gasteiger partial charge in [-0.25, -0.2) is 0 Å². The zero-order valence-electron chi connectivity index (χ0n) is 16.2. The van der Waals surface area contributed by atoms with Crippen molar-refractivity contribution in [3.63, 3.8) is 0 Å². The molecule has 0 spiro atoms. The van der Waals surface area contributed by atoms with Gasteiger partial charge in [0.2, 0.25) is 16.7 Å². The molecule has 1 N–H and O–H groups in total. The first-order chi connectivity index (χ1) is 14.0. The molecule has 0 fully saturated rings. The van der Waals surface area contributed by atoms with E-state index in [4.69, 9.17) is 0 Å². The molecular weight excluding hydrogens is 386 g/mol. The van der Waals surface area contributed by atoms with Crippen molar-refractivity contribution >= 4 is 33.9 Å². The summed E-state index contributed by atoms with van der Waals surface area (Å²) in [7, 11) is 0. The number of ketones is 2. The van der Waals surface area contributed by atoms with Crippen LogP contribution in [0.1, 0.15) is 68.7 Å². The molecule has 0 aliphatic carbocycles. The van der Waals surface area contributed by atoms with Crippen LogP contribution in [0, 0.1) is 0 Å². The van der Waals surface area contributed by atoms with E-state index in [-0.39, 0.29) is 11.5 Å². The van der Waals surface area contributed by atoms with Crippen LogP contribution < -0.4 is 5.32 Å². The van der Waals surface area contributed by atoms with E-state index in [9.17, 15) is 14.4 Å². The molecule has 1 heterocycles. The highest BCUT2D eigenvalue weighted by molar-refractivity contribution is 7.15. The van der Waals surface area contributed by atoms with Crippen LogP contribution in [-0.4, -0.2) is 27.7 Å². The number of anilines is 1. The quantitative estimate of drug-likeness (QED) is 0.430. The maximum atomic E-state index is 12.4. The topological polar surface area (TPSA) is 89.0 Å². The van der Waals surface area contributed by atoms with Gasteiger partial charge in [-0.05, 0) is 25.0 Å². The third-order valence-electron chi connectivity index (χ3n) is 4.65. The van der Waals surface area contributed by atoms with Gasteiger partial charge < -0.3 is 0 Å². The van der Waals surface area contributed by atoms with Crippen LogP contribution in [0.25, 0.3) is 0 Å². The second kappa shape index (κ2) is 9.34. The maximum Gasteiger partial charge on any atom is 0.257 e. The van der Waals surface area contributed by atoms with Gasteiger partial charge in [-0.3, -0.25) is 19.7 Å². The lowest BCUT2D eigenvalue weighted by atomic mass is 10.0. The highest BCUT2D eigenvalue weighted by atomic mass is 32.1. The monoisotopic (exact) mass is 407 g/mol. The minimum absolute atomic E-state index is 0.238. The zero-order valence-corrected chi connectivity index (χ0v) is 17.0. The molecule has 0 aliphatic heterocycles. The summed E-state index contributed by atoms with van der Waals surface area (Å²) in [6.45, 7) is 4.19. The van der Waals surface area contributed by atoms with Gasteiger partial charge in [-0.1, -0.05) is 67.6 Å². The molecule has 148 valence electrons. The van der Waals surface area contributed by atoms with Gasteiger partial charge >= 0.3 is 0 Å². The fourth-order valence-electron chi connectivity index (χ4n) is 2.88. The van der Waals surface area contributed by atoms with E-state index in [1.807, 2.05) is 0 Å². The summed E-state index contributed by atoms with van der Waals surface area (Å²) in [6, 6.07) is 14.4. The summed E-state index contributed by atoms with van der Waals surface area (Å²) in [4.78, 5) is 37.1.